The van der Waals surface area contributed by atoms with Gasteiger partial charge in [-0.2, -0.15) is 9.97 Å². The van der Waals surface area contributed by atoms with E-state index in [1.54, 1.807) is 13.8 Å². The van der Waals surface area contributed by atoms with Crippen molar-refractivity contribution in [3.05, 3.63) is 99.3 Å². The number of aryl methyl sites for hydroxylation is 2. The third-order valence-corrected chi connectivity index (χ3v) is 12.1. The molecule has 4 heterocycles. The van der Waals surface area contributed by atoms with E-state index in [1.165, 1.54) is 13.2 Å². The highest BCUT2D eigenvalue weighted by atomic mass is 32.2. The molecule has 2 aromatic carbocycles. The molecule has 6 rings (SSSR count). The van der Waals surface area contributed by atoms with Gasteiger partial charge in [-0.3, -0.25) is 0 Å². The molecule has 1 atom stereocenters. The van der Waals surface area contributed by atoms with Gasteiger partial charge in [0.1, 0.15) is 15.4 Å². The summed E-state index contributed by atoms with van der Waals surface area (Å²) in [4.78, 5) is 38.7. The van der Waals surface area contributed by atoms with Gasteiger partial charge in [-0.15, -0.1) is 11.3 Å². The Labute approximate surface area is 341 Å². The summed E-state index contributed by atoms with van der Waals surface area (Å²) in [5.74, 6) is 1.19. The van der Waals surface area contributed by atoms with E-state index in [4.69, 9.17) is 18.5 Å². The number of unbranched alkanes of at least 4 members (excludes halogenated alkanes) is 2. The first-order valence-electron chi connectivity index (χ1n) is 19.2. The van der Waals surface area contributed by atoms with Crippen LogP contribution in [0.3, 0.4) is 0 Å². The molecule has 0 aliphatic carbocycles. The zero-order valence-electron chi connectivity index (χ0n) is 33.5. The number of hydrogen-bond acceptors (Lipinski definition) is 13. The number of thiophene rings is 1. The number of nitrogens with one attached hydrogen (secondary N) is 3. The maximum Gasteiger partial charge on any atom is 0.408 e. The molecule has 308 valence electrons. The average Bonchev–Trinajstić information content (AvgIpc) is 4.00. The molecular formula is C41H49N7O8S2. The number of para-hydroxylation sites is 1. The number of hydrogen-bond donors (Lipinski definition) is 3. The first-order valence-corrected chi connectivity index (χ1v) is 21.5. The Bertz CT molecular complexity index is 2430. The lowest BCUT2D eigenvalue weighted by molar-refractivity contribution is 0.0368. The fourth-order valence-corrected chi connectivity index (χ4v) is 9.39. The number of nitrogens with zero attached hydrogens (tertiary/aromatic N) is 4. The van der Waals surface area contributed by atoms with Crippen LogP contribution < -0.4 is 10.0 Å². The summed E-state index contributed by atoms with van der Waals surface area (Å²) in [6.45, 7) is 9.62. The van der Waals surface area contributed by atoms with E-state index < -0.39 is 33.7 Å². The van der Waals surface area contributed by atoms with E-state index in [0.717, 1.165) is 45.4 Å². The fraction of sp³-hybridized carbons (Fsp3) is 0.415. The number of amides is 1. The third-order valence-electron chi connectivity index (χ3n) is 9.33. The molecule has 0 bridgehead atoms. The highest BCUT2D eigenvalue weighted by molar-refractivity contribution is 7.89. The summed E-state index contributed by atoms with van der Waals surface area (Å²) in [7, 11) is -2.89. The van der Waals surface area contributed by atoms with Crippen LogP contribution in [0.25, 0.3) is 22.3 Å². The van der Waals surface area contributed by atoms with Crippen LogP contribution >= 0.6 is 11.3 Å². The number of aromatic nitrogens is 5. The van der Waals surface area contributed by atoms with Crippen molar-refractivity contribution in [2.75, 3.05) is 13.7 Å². The van der Waals surface area contributed by atoms with Crippen molar-refractivity contribution in [3.63, 3.8) is 0 Å². The van der Waals surface area contributed by atoms with Crippen LogP contribution in [0.4, 0.5) is 4.79 Å². The molecule has 0 saturated heterocycles. The van der Waals surface area contributed by atoms with Crippen LogP contribution in [-0.2, 0) is 38.8 Å². The number of methoxy groups -OCH3 is 1. The Morgan fingerprint density at radius 2 is 1.74 bits per heavy atom. The van der Waals surface area contributed by atoms with E-state index in [2.05, 4.69) is 35.3 Å². The molecular weight excluding hydrogens is 783 g/mol. The van der Waals surface area contributed by atoms with Crippen LogP contribution in [0.5, 0.6) is 0 Å². The molecule has 1 unspecified atom stereocenters. The van der Waals surface area contributed by atoms with Crippen molar-refractivity contribution in [3.8, 4) is 11.4 Å². The molecule has 17 heteroatoms. The van der Waals surface area contributed by atoms with Gasteiger partial charge in [-0.25, -0.2) is 22.7 Å². The Morgan fingerprint density at radius 3 is 2.50 bits per heavy atom. The van der Waals surface area contributed by atoms with Crippen LogP contribution in [0.15, 0.2) is 74.7 Å². The second-order valence-electron chi connectivity index (χ2n) is 15.2. The predicted molar refractivity (Wildman–Crippen MR) is 218 cm³/mol. The molecule has 4 aromatic heterocycles. The number of fused-ring (bicyclic) bond motifs is 1. The maximum absolute atomic E-state index is 13.5. The minimum Gasteiger partial charge on any atom is -0.465 e. The average molecular weight is 832 g/mol. The Balaban J connectivity index is 1.02. The Kier molecular flexibility index (Phi) is 13.4. The van der Waals surface area contributed by atoms with Crippen LogP contribution in [-0.4, -0.2) is 65.0 Å². The van der Waals surface area contributed by atoms with Crippen molar-refractivity contribution in [1.82, 2.24) is 35.3 Å². The lowest BCUT2D eigenvalue weighted by Crippen LogP contribution is -2.38. The number of carbonyl (C=O) groups is 2. The summed E-state index contributed by atoms with van der Waals surface area (Å²) in [5.41, 5.74) is 2.93. The minimum atomic E-state index is -4.08. The Morgan fingerprint density at radius 1 is 0.983 bits per heavy atom. The summed E-state index contributed by atoms with van der Waals surface area (Å²) in [6.07, 6.45) is 4.81. The number of esters is 1. The predicted octanol–water partition coefficient (Wildman–Crippen LogP) is 7.87. The van der Waals surface area contributed by atoms with Crippen molar-refractivity contribution >= 4 is 44.3 Å². The quantitative estimate of drug-likeness (QED) is 0.0527. The highest BCUT2D eigenvalue weighted by Gasteiger charge is 2.32. The second-order valence-corrected chi connectivity index (χ2v) is 18.1. The van der Waals surface area contributed by atoms with Crippen molar-refractivity contribution < 1.29 is 36.5 Å². The van der Waals surface area contributed by atoms with Gasteiger partial charge in [0, 0.05) is 46.9 Å². The number of carbonyl (C=O) groups excluding carboxylic acids is 2. The first kappa shape index (κ1) is 42.2. The van der Waals surface area contributed by atoms with Crippen molar-refractivity contribution in [1.29, 1.82) is 0 Å². The molecule has 1 amide bonds. The number of rotatable bonds is 19. The number of alkyl carbamates (subject to hydrolysis) is 1. The lowest BCUT2D eigenvalue weighted by Gasteiger charge is -2.26. The molecule has 6 aromatic rings. The minimum absolute atomic E-state index is 0.0661. The molecule has 0 radical (unpaired) electrons. The first-order chi connectivity index (χ1) is 27.7. The fourth-order valence-electron chi connectivity index (χ4n) is 6.48. The van der Waals surface area contributed by atoms with Crippen LogP contribution in [0.2, 0.25) is 0 Å². The van der Waals surface area contributed by atoms with Gasteiger partial charge in [0.25, 0.3) is 0 Å². The highest BCUT2D eigenvalue weighted by Crippen LogP contribution is 2.32. The van der Waals surface area contributed by atoms with E-state index in [1.807, 2.05) is 75.5 Å². The van der Waals surface area contributed by atoms with E-state index >= 15 is 0 Å². The third kappa shape index (κ3) is 11.0. The summed E-state index contributed by atoms with van der Waals surface area (Å²) in [5, 5.41) is 12.2. The molecule has 3 N–H and O–H groups in total. The lowest BCUT2D eigenvalue weighted by atomic mass is 10.0. The van der Waals surface area contributed by atoms with Gasteiger partial charge < -0.3 is 28.8 Å². The SMILES string of the molecule is COC(=O)c1sc(CC(C)(C)OC(=O)NC(CC(C)C)c2noc(Cc3c[nH]c4ccccc34)n2)cc1S(=O)(=O)NCCCCCc1nc(-c2ccc(C)cc2)no1. The van der Waals surface area contributed by atoms with Crippen molar-refractivity contribution in [2.45, 2.75) is 96.1 Å². The molecule has 58 heavy (non-hydrogen) atoms. The molecule has 0 aliphatic heterocycles. The normalized spacial score (nSPS) is 12.6. The summed E-state index contributed by atoms with van der Waals surface area (Å²) < 4.78 is 51.3. The molecule has 0 aliphatic rings. The number of H-pyrrole nitrogens is 1. The zero-order chi connectivity index (χ0) is 41.5. The van der Waals surface area contributed by atoms with E-state index in [9.17, 15) is 18.0 Å². The van der Waals surface area contributed by atoms with Gasteiger partial charge in [0.15, 0.2) is 5.82 Å². The zero-order valence-corrected chi connectivity index (χ0v) is 35.1. The topological polar surface area (TPSA) is 204 Å². The van der Waals surface area contributed by atoms with Crippen LogP contribution in [0, 0.1) is 12.8 Å². The summed E-state index contributed by atoms with van der Waals surface area (Å²) in [6, 6.07) is 16.6. The number of aromatic amines is 1. The smallest absolute Gasteiger partial charge is 0.408 e. The number of benzene rings is 2. The number of sulfonamides is 1. The van der Waals surface area contributed by atoms with E-state index in [0.29, 0.717) is 60.4 Å². The van der Waals surface area contributed by atoms with Gasteiger partial charge in [-0.1, -0.05) is 78.6 Å². The Hall–Kier alpha value is -5.39. The largest absolute Gasteiger partial charge is 0.465 e. The van der Waals surface area contributed by atoms with Crippen LogP contribution in [0.1, 0.15) is 103 Å². The van der Waals surface area contributed by atoms with Crippen molar-refractivity contribution in [2.24, 2.45) is 5.92 Å². The summed E-state index contributed by atoms with van der Waals surface area (Å²) >= 11 is 0.979. The standard InChI is InChI=1S/C41H49N7O8S2/c1-25(2)20-32(38-46-35(56-48-38)21-28-24-42-31-13-10-9-12-30(28)31)44-40(50)54-41(4,5)23-29-22-33(36(57-29)39(49)53-6)58(51,52)43-19-11-7-8-14-34-45-37(47-55-34)27-17-15-26(3)16-18-27/h9-10,12-13,15-18,22,24-25,32,42-43H,7-8,11,14,19-21,23H2,1-6H3,(H,44,50). The molecule has 0 fully saturated rings. The molecule has 0 spiro atoms. The van der Waals surface area contributed by atoms with E-state index in [-0.39, 0.29) is 28.7 Å². The maximum atomic E-state index is 13.5. The monoisotopic (exact) mass is 831 g/mol. The van der Waals surface area contributed by atoms with Gasteiger partial charge >= 0.3 is 12.1 Å². The number of ether oxygens (including phenoxy) is 2. The second kappa shape index (κ2) is 18.5. The van der Waals surface area contributed by atoms with Gasteiger partial charge in [-0.05, 0) is 63.6 Å². The molecule has 15 nitrogen and oxygen atoms in total. The van der Waals surface area contributed by atoms with Gasteiger partial charge in [0.05, 0.1) is 19.6 Å². The molecule has 0 saturated carbocycles. The van der Waals surface area contributed by atoms with Gasteiger partial charge in [0.2, 0.25) is 27.6 Å².